The first-order valence-electron chi connectivity index (χ1n) is 10.3. The van der Waals surface area contributed by atoms with Crippen LogP contribution in [-0.4, -0.2) is 45.3 Å². The lowest BCUT2D eigenvalue weighted by atomic mass is 10.1. The van der Waals surface area contributed by atoms with Crippen LogP contribution in [0.3, 0.4) is 0 Å². The summed E-state index contributed by atoms with van der Waals surface area (Å²) in [5.74, 6) is 0.699. The van der Waals surface area contributed by atoms with Gasteiger partial charge in [0.05, 0.1) is 20.3 Å². The van der Waals surface area contributed by atoms with E-state index in [2.05, 4.69) is 25.1 Å². The van der Waals surface area contributed by atoms with Crippen LogP contribution in [0.25, 0.3) is 0 Å². The minimum Gasteiger partial charge on any atom is -0.490 e. The number of ether oxygens (including phenoxy) is 3. The number of nitrogens with one attached hydrogen (secondary N) is 2. The van der Waals surface area contributed by atoms with E-state index in [4.69, 9.17) is 4.74 Å². The summed E-state index contributed by atoms with van der Waals surface area (Å²) in [6.45, 7) is 2.67. The van der Waals surface area contributed by atoms with Crippen LogP contribution in [0.4, 0.5) is 8.78 Å². The van der Waals surface area contributed by atoms with Crippen LogP contribution in [0.15, 0.2) is 23.2 Å². The average molecular weight is 430 g/mol. The van der Waals surface area contributed by atoms with Gasteiger partial charge in [-0.2, -0.15) is 8.78 Å². The van der Waals surface area contributed by atoms with Crippen molar-refractivity contribution in [3.05, 3.63) is 23.8 Å². The Hall–Kier alpha value is -2.58. The van der Waals surface area contributed by atoms with E-state index in [1.165, 1.54) is 7.11 Å². The molecule has 2 N–H and O–H groups in total. The lowest BCUT2D eigenvalue weighted by molar-refractivity contribution is -0.140. The minimum atomic E-state index is -2.94. The summed E-state index contributed by atoms with van der Waals surface area (Å²) >= 11 is 0. The Morgan fingerprint density at radius 1 is 1.13 bits per heavy atom. The molecule has 0 amide bonds. The van der Waals surface area contributed by atoms with Crippen LogP contribution in [0, 0.1) is 0 Å². The molecule has 170 valence electrons. The molecule has 0 heterocycles. The molecule has 0 bridgehead atoms. The second-order valence-corrected chi connectivity index (χ2v) is 6.42. The zero-order valence-corrected chi connectivity index (χ0v) is 18.0. The van der Waals surface area contributed by atoms with Gasteiger partial charge in [0.1, 0.15) is 0 Å². The van der Waals surface area contributed by atoms with E-state index in [-0.39, 0.29) is 24.0 Å². The molecule has 0 radical (unpaired) electrons. The number of para-hydroxylation sites is 1. The Balaban J connectivity index is 2.61. The quantitative estimate of drug-likeness (QED) is 0.202. The molecule has 1 aromatic rings. The first-order chi connectivity index (χ1) is 14.5. The van der Waals surface area contributed by atoms with Gasteiger partial charge in [0.25, 0.3) is 0 Å². The number of hydrogen-bond donors (Lipinski definition) is 2. The number of unbranched alkanes of at least 4 members (excludes halogenated alkanes) is 3. The highest BCUT2D eigenvalue weighted by molar-refractivity contribution is 5.79. The molecule has 1 aromatic carbocycles. The summed E-state index contributed by atoms with van der Waals surface area (Å²) < 4.78 is 40.4. The van der Waals surface area contributed by atoms with Crippen LogP contribution in [-0.2, 0) is 16.1 Å². The third kappa shape index (κ3) is 10.3. The number of aliphatic imine (C=N–C) groups is 1. The molecule has 0 fully saturated rings. The smallest absolute Gasteiger partial charge is 0.387 e. The molecule has 1 rings (SSSR count). The maximum atomic E-state index is 12.8. The highest BCUT2D eigenvalue weighted by atomic mass is 19.3. The van der Waals surface area contributed by atoms with Gasteiger partial charge in [0.15, 0.2) is 17.5 Å². The van der Waals surface area contributed by atoms with Crippen LogP contribution in [0.2, 0.25) is 0 Å². The Labute approximate surface area is 177 Å². The van der Waals surface area contributed by atoms with Gasteiger partial charge in [-0.15, -0.1) is 0 Å². The second-order valence-electron chi connectivity index (χ2n) is 6.42. The second kappa shape index (κ2) is 15.3. The van der Waals surface area contributed by atoms with E-state index in [0.29, 0.717) is 37.6 Å². The van der Waals surface area contributed by atoms with Crippen LogP contribution >= 0.6 is 0 Å². The van der Waals surface area contributed by atoms with Gasteiger partial charge in [-0.3, -0.25) is 4.79 Å². The molecule has 0 aromatic heterocycles. The molecule has 0 saturated carbocycles. The fourth-order valence-electron chi connectivity index (χ4n) is 2.74. The average Bonchev–Trinajstić information content (AvgIpc) is 2.72. The summed E-state index contributed by atoms with van der Waals surface area (Å²) in [7, 11) is 1.39. The van der Waals surface area contributed by atoms with E-state index in [9.17, 15) is 13.6 Å². The Kier molecular flexibility index (Phi) is 13.0. The maximum Gasteiger partial charge on any atom is 0.387 e. The van der Waals surface area contributed by atoms with Crippen molar-refractivity contribution < 1.29 is 27.8 Å². The normalized spacial score (nSPS) is 11.3. The largest absolute Gasteiger partial charge is 0.490 e. The summed E-state index contributed by atoms with van der Waals surface area (Å²) in [6.07, 6.45) is 4.10. The van der Waals surface area contributed by atoms with E-state index in [1.54, 1.807) is 25.1 Å². The van der Waals surface area contributed by atoms with Crippen molar-refractivity contribution in [2.24, 2.45) is 4.99 Å². The summed E-state index contributed by atoms with van der Waals surface area (Å²) in [6, 6.07) is 5.01. The third-order valence-electron chi connectivity index (χ3n) is 4.15. The number of rotatable bonds is 14. The van der Waals surface area contributed by atoms with Crippen molar-refractivity contribution >= 4 is 11.9 Å². The van der Waals surface area contributed by atoms with Gasteiger partial charge in [-0.25, -0.2) is 4.99 Å². The lowest BCUT2D eigenvalue weighted by Gasteiger charge is -2.15. The minimum absolute atomic E-state index is 0.0135. The first-order valence-corrected chi connectivity index (χ1v) is 10.3. The van der Waals surface area contributed by atoms with Crippen molar-refractivity contribution in [2.75, 3.05) is 26.8 Å². The Bertz CT molecular complexity index is 657. The van der Waals surface area contributed by atoms with Crippen LogP contribution in [0.5, 0.6) is 11.5 Å². The molecule has 0 spiro atoms. The van der Waals surface area contributed by atoms with E-state index in [1.807, 2.05) is 6.92 Å². The third-order valence-corrected chi connectivity index (χ3v) is 4.15. The standard InChI is InChI=1S/C21H33F2N3O4/c1-4-24-21(25-14-9-7-6-8-13-18(27)28-3)26-15-16-11-10-12-17(29-5-2)19(16)30-20(22)23/h10-12,20H,4-9,13-15H2,1-3H3,(H2,24,25,26). The number of guanidine groups is 1. The number of nitrogens with zero attached hydrogens (tertiary/aromatic N) is 1. The topological polar surface area (TPSA) is 81.2 Å². The molecule has 0 atom stereocenters. The monoisotopic (exact) mass is 429 g/mol. The van der Waals surface area contributed by atoms with Crippen molar-refractivity contribution in [3.8, 4) is 11.5 Å². The van der Waals surface area contributed by atoms with Gasteiger partial charge < -0.3 is 24.8 Å². The maximum absolute atomic E-state index is 12.8. The number of carbonyl (C=O) groups is 1. The number of esters is 1. The zero-order chi connectivity index (χ0) is 22.2. The Morgan fingerprint density at radius 3 is 2.57 bits per heavy atom. The number of hydrogen-bond acceptors (Lipinski definition) is 5. The molecule has 0 saturated heterocycles. The number of halogens is 2. The molecular formula is C21H33F2N3O4. The first kappa shape index (κ1) is 25.5. The van der Waals surface area contributed by atoms with Gasteiger partial charge in [-0.1, -0.05) is 25.0 Å². The number of benzene rings is 1. The fourth-order valence-corrected chi connectivity index (χ4v) is 2.74. The number of methoxy groups -OCH3 is 1. The molecule has 0 aliphatic heterocycles. The molecule has 0 aliphatic rings. The van der Waals surface area contributed by atoms with Gasteiger partial charge in [0, 0.05) is 25.1 Å². The highest BCUT2D eigenvalue weighted by Gasteiger charge is 2.15. The Morgan fingerprint density at radius 2 is 1.90 bits per heavy atom. The number of carbonyl (C=O) groups excluding carboxylic acids is 1. The van der Waals surface area contributed by atoms with Crippen LogP contribution < -0.4 is 20.1 Å². The fraction of sp³-hybridized carbons (Fsp3) is 0.619. The van der Waals surface area contributed by atoms with Gasteiger partial charge in [-0.05, 0) is 32.8 Å². The van der Waals surface area contributed by atoms with Gasteiger partial charge >= 0.3 is 12.6 Å². The molecule has 7 nitrogen and oxygen atoms in total. The van der Waals surface area contributed by atoms with Gasteiger partial charge in [0.2, 0.25) is 0 Å². The lowest BCUT2D eigenvalue weighted by Crippen LogP contribution is -2.37. The summed E-state index contributed by atoms with van der Waals surface area (Å²) in [5.41, 5.74) is 0.515. The SMILES string of the molecule is CCNC(=NCc1cccc(OCC)c1OC(F)F)NCCCCCCC(=O)OC. The molecule has 30 heavy (non-hydrogen) atoms. The van der Waals surface area contributed by atoms with Crippen molar-refractivity contribution in [1.29, 1.82) is 0 Å². The van der Waals surface area contributed by atoms with E-state index < -0.39 is 6.61 Å². The van der Waals surface area contributed by atoms with E-state index >= 15 is 0 Å². The predicted octanol–water partition coefficient (Wildman–Crippen LogP) is 3.87. The summed E-state index contributed by atoms with van der Waals surface area (Å²) in [5, 5.41) is 6.36. The molecule has 0 unspecified atom stereocenters. The van der Waals surface area contributed by atoms with Crippen molar-refractivity contribution in [3.63, 3.8) is 0 Å². The molecular weight excluding hydrogens is 396 g/mol. The molecule has 9 heteroatoms. The summed E-state index contributed by atoms with van der Waals surface area (Å²) in [4.78, 5) is 15.5. The predicted molar refractivity (Wildman–Crippen MR) is 112 cm³/mol. The van der Waals surface area contributed by atoms with Crippen molar-refractivity contribution in [1.82, 2.24) is 10.6 Å². The number of alkyl halides is 2. The van der Waals surface area contributed by atoms with E-state index in [0.717, 1.165) is 25.7 Å². The zero-order valence-electron chi connectivity index (χ0n) is 18.0. The highest BCUT2D eigenvalue weighted by Crippen LogP contribution is 2.33. The molecule has 0 aliphatic carbocycles. The van der Waals surface area contributed by atoms with Crippen LogP contribution in [0.1, 0.15) is 51.5 Å². The van der Waals surface area contributed by atoms with Crippen molar-refractivity contribution in [2.45, 2.75) is 59.1 Å².